The van der Waals surface area contributed by atoms with Crippen LogP contribution in [0.2, 0.25) is 5.02 Å². The van der Waals surface area contributed by atoms with E-state index >= 15 is 0 Å². The monoisotopic (exact) mass is 411 g/mol. The molecule has 6 heteroatoms. The normalized spacial score (nSPS) is 17.4. The number of likely N-dealkylation sites (tertiary alicyclic amines) is 1. The molecule has 29 heavy (non-hydrogen) atoms. The highest BCUT2D eigenvalue weighted by Crippen LogP contribution is 2.23. The van der Waals surface area contributed by atoms with E-state index in [-0.39, 0.29) is 17.8 Å². The maximum absolute atomic E-state index is 14.0. The number of hydrogen-bond acceptors (Lipinski definition) is 3. The second-order valence-electron chi connectivity index (χ2n) is 7.55. The first kappa shape index (κ1) is 19.8. The number of para-hydroxylation sites is 1. The zero-order valence-corrected chi connectivity index (χ0v) is 17.1. The van der Waals surface area contributed by atoms with E-state index in [2.05, 4.69) is 9.88 Å². The van der Waals surface area contributed by atoms with Crippen molar-refractivity contribution in [3.63, 3.8) is 0 Å². The topological polar surface area (TPSA) is 36.4 Å². The second kappa shape index (κ2) is 8.47. The summed E-state index contributed by atoms with van der Waals surface area (Å²) in [5, 5.41) is 1.44. The molecule has 0 bridgehead atoms. The van der Waals surface area contributed by atoms with E-state index < -0.39 is 0 Å². The largest absolute Gasteiger partial charge is 0.336 e. The van der Waals surface area contributed by atoms with Crippen LogP contribution in [0.4, 0.5) is 4.39 Å². The lowest BCUT2D eigenvalue weighted by Gasteiger charge is -2.37. The first-order valence-corrected chi connectivity index (χ1v) is 10.2. The number of pyridine rings is 1. The Balaban J connectivity index is 1.48. The van der Waals surface area contributed by atoms with Gasteiger partial charge in [0.15, 0.2) is 0 Å². The van der Waals surface area contributed by atoms with Gasteiger partial charge in [-0.25, -0.2) is 9.37 Å². The third kappa shape index (κ3) is 4.26. The van der Waals surface area contributed by atoms with Gasteiger partial charge < -0.3 is 4.90 Å². The first-order chi connectivity index (χ1) is 14.0. The van der Waals surface area contributed by atoms with Crippen LogP contribution in [0.1, 0.15) is 28.9 Å². The number of nitrogens with zero attached hydrogens (tertiary/aromatic N) is 3. The van der Waals surface area contributed by atoms with Gasteiger partial charge in [-0.2, -0.15) is 0 Å². The molecule has 2 aromatic carbocycles. The van der Waals surface area contributed by atoms with Gasteiger partial charge in [0, 0.05) is 37.1 Å². The number of halogens is 2. The molecule has 0 saturated carbocycles. The summed E-state index contributed by atoms with van der Waals surface area (Å²) in [5.74, 6) is -0.305. The molecular weight excluding hydrogens is 389 g/mol. The quantitative estimate of drug-likeness (QED) is 0.620. The SMILES string of the molecule is CN(C(=O)c1ccc2cccc(Cl)c2n1)[C@@H]1CCCN(Cc2ccccc2F)C1. The average molecular weight is 412 g/mol. The van der Waals surface area contributed by atoms with Gasteiger partial charge >= 0.3 is 0 Å². The first-order valence-electron chi connectivity index (χ1n) is 9.81. The molecule has 0 spiro atoms. The van der Waals surface area contributed by atoms with Crippen molar-refractivity contribution in [1.29, 1.82) is 0 Å². The van der Waals surface area contributed by atoms with Gasteiger partial charge in [-0.1, -0.05) is 48.0 Å². The van der Waals surface area contributed by atoms with Gasteiger partial charge in [0.2, 0.25) is 0 Å². The Hall–Kier alpha value is -2.50. The lowest BCUT2D eigenvalue weighted by Crippen LogP contribution is -2.48. The Morgan fingerprint density at radius 3 is 2.86 bits per heavy atom. The van der Waals surface area contributed by atoms with Gasteiger partial charge in [-0.3, -0.25) is 9.69 Å². The van der Waals surface area contributed by atoms with Crippen LogP contribution < -0.4 is 0 Å². The van der Waals surface area contributed by atoms with Gasteiger partial charge in [-0.15, -0.1) is 0 Å². The second-order valence-corrected chi connectivity index (χ2v) is 7.95. The molecule has 1 aliphatic heterocycles. The van der Waals surface area contributed by atoms with Crippen LogP contribution in [0.3, 0.4) is 0 Å². The van der Waals surface area contributed by atoms with Crippen LogP contribution in [0.25, 0.3) is 10.9 Å². The Kier molecular flexibility index (Phi) is 5.79. The molecular formula is C23H23ClFN3O. The molecule has 0 aliphatic carbocycles. The summed E-state index contributed by atoms with van der Waals surface area (Å²) in [6, 6.07) is 16.1. The van der Waals surface area contributed by atoms with Gasteiger partial charge in [0.25, 0.3) is 5.91 Å². The van der Waals surface area contributed by atoms with Crippen molar-refractivity contribution in [2.24, 2.45) is 0 Å². The lowest BCUT2D eigenvalue weighted by molar-refractivity contribution is 0.0602. The molecule has 1 aliphatic rings. The summed E-state index contributed by atoms with van der Waals surface area (Å²) >= 11 is 6.25. The van der Waals surface area contributed by atoms with Crippen molar-refractivity contribution in [2.75, 3.05) is 20.1 Å². The molecule has 1 saturated heterocycles. The van der Waals surface area contributed by atoms with E-state index in [0.29, 0.717) is 34.9 Å². The van der Waals surface area contributed by atoms with Crippen molar-refractivity contribution in [3.05, 3.63) is 76.7 Å². The fourth-order valence-corrected chi connectivity index (χ4v) is 4.16. The fourth-order valence-electron chi connectivity index (χ4n) is 3.93. The molecule has 4 rings (SSSR count). The number of carbonyl (C=O) groups is 1. The Labute approximate surface area is 174 Å². The van der Waals surface area contributed by atoms with Gasteiger partial charge in [0.1, 0.15) is 11.5 Å². The van der Waals surface area contributed by atoms with Crippen LogP contribution in [-0.2, 0) is 6.54 Å². The minimum absolute atomic E-state index is 0.0618. The van der Waals surface area contributed by atoms with E-state index in [4.69, 9.17) is 11.6 Å². The van der Waals surface area contributed by atoms with E-state index in [1.54, 1.807) is 23.1 Å². The van der Waals surface area contributed by atoms with E-state index in [0.717, 1.165) is 24.8 Å². The number of rotatable bonds is 4. The number of likely N-dealkylation sites (N-methyl/N-ethyl adjacent to an activating group) is 1. The van der Waals surface area contributed by atoms with Gasteiger partial charge in [-0.05, 0) is 37.6 Å². The summed E-state index contributed by atoms with van der Waals surface area (Å²) in [6.45, 7) is 2.16. The predicted octanol–water partition coefficient (Wildman–Crippen LogP) is 4.76. The molecule has 3 aromatic rings. The number of fused-ring (bicyclic) bond motifs is 1. The van der Waals surface area contributed by atoms with Crippen LogP contribution in [0.15, 0.2) is 54.6 Å². The number of piperidine rings is 1. The van der Waals surface area contributed by atoms with E-state index in [1.165, 1.54) is 6.07 Å². The fraction of sp³-hybridized carbons (Fsp3) is 0.304. The highest BCUT2D eigenvalue weighted by atomic mass is 35.5. The average Bonchev–Trinajstić information content (AvgIpc) is 2.75. The lowest BCUT2D eigenvalue weighted by atomic mass is 10.0. The van der Waals surface area contributed by atoms with Crippen molar-refractivity contribution < 1.29 is 9.18 Å². The summed E-state index contributed by atoms with van der Waals surface area (Å²) in [7, 11) is 1.82. The molecule has 150 valence electrons. The third-order valence-electron chi connectivity index (χ3n) is 5.59. The van der Waals surface area contributed by atoms with E-state index in [9.17, 15) is 9.18 Å². The number of hydrogen-bond donors (Lipinski definition) is 0. The predicted molar refractivity (Wildman–Crippen MR) is 114 cm³/mol. The summed E-state index contributed by atoms with van der Waals surface area (Å²) in [6.07, 6.45) is 1.89. The molecule has 0 radical (unpaired) electrons. The Morgan fingerprint density at radius 2 is 2.03 bits per heavy atom. The number of benzene rings is 2. The van der Waals surface area contributed by atoms with Crippen molar-refractivity contribution in [2.45, 2.75) is 25.4 Å². The number of carbonyl (C=O) groups excluding carboxylic acids is 1. The molecule has 0 N–H and O–H groups in total. The summed E-state index contributed by atoms with van der Waals surface area (Å²) in [5.41, 5.74) is 1.71. The van der Waals surface area contributed by atoms with E-state index in [1.807, 2.05) is 37.4 Å². The van der Waals surface area contributed by atoms with Crippen molar-refractivity contribution in [1.82, 2.24) is 14.8 Å². The molecule has 0 unspecified atom stereocenters. The zero-order chi connectivity index (χ0) is 20.4. The smallest absolute Gasteiger partial charge is 0.272 e. The molecule has 2 heterocycles. The number of amides is 1. The van der Waals surface area contributed by atoms with Crippen molar-refractivity contribution >= 4 is 28.4 Å². The molecule has 1 aromatic heterocycles. The van der Waals surface area contributed by atoms with Crippen LogP contribution >= 0.6 is 11.6 Å². The molecule has 4 nitrogen and oxygen atoms in total. The van der Waals surface area contributed by atoms with Gasteiger partial charge in [0.05, 0.1) is 10.5 Å². The van der Waals surface area contributed by atoms with Crippen molar-refractivity contribution in [3.8, 4) is 0 Å². The maximum Gasteiger partial charge on any atom is 0.272 e. The summed E-state index contributed by atoms with van der Waals surface area (Å²) < 4.78 is 14.0. The van der Waals surface area contributed by atoms with Crippen LogP contribution in [0, 0.1) is 5.82 Å². The number of aromatic nitrogens is 1. The zero-order valence-electron chi connectivity index (χ0n) is 16.3. The maximum atomic E-state index is 14.0. The highest BCUT2D eigenvalue weighted by molar-refractivity contribution is 6.35. The molecule has 1 atom stereocenters. The van der Waals surface area contributed by atoms with Crippen LogP contribution in [-0.4, -0.2) is 46.9 Å². The Bertz CT molecular complexity index is 1040. The highest BCUT2D eigenvalue weighted by Gasteiger charge is 2.27. The molecule has 1 amide bonds. The minimum Gasteiger partial charge on any atom is -0.336 e. The Morgan fingerprint density at radius 1 is 1.21 bits per heavy atom. The molecule has 1 fully saturated rings. The minimum atomic E-state index is -0.184. The standard InChI is InChI=1S/C23H23ClFN3O/c1-27(23(29)21-12-11-16-7-4-9-19(24)22(16)26-21)18-8-5-13-28(15-18)14-17-6-2-3-10-20(17)25/h2-4,6-7,9-12,18H,5,8,13-15H2,1H3/t18-/m1/s1. The van der Waals surface area contributed by atoms with Crippen LogP contribution in [0.5, 0.6) is 0 Å². The summed E-state index contributed by atoms with van der Waals surface area (Å²) in [4.78, 5) is 21.5. The third-order valence-corrected chi connectivity index (χ3v) is 5.90.